The molecule has 2 heterocycles. The van der Waals surface area contributed by atoms with Crippen LogP contribution in [0.4, 0.5) is 5.69 Å². The van der Waals surface area contributed by atoms with Crippen LogP contribution in [0.3, 0.4) is 0 Å². The number of hydrogen-bond donors (Lipinski definition) is 1. The van der Waals surface area contributed by atoms with E-state index in [0.717, 1.165) is 52.9 Å². The number of halogens is 1. The third-order valence-corrected chi connectivity index (χ3v) is 6.78. The molecular weight excluding hydrogens is 352 g/mol. The number of para-hydroxylation sites is 1. The summed E-state index contributed by atoms with van der Waals surface area (Å²) >= 11 is 6.09. The summed E-state index contributed by atoms with van der Waals surface area (Å²) in [5.74, 6) is 2.57. The lowest BCUT2D eigenvalue weighted by molar-refractivity contribution is 0.372. The number of nitrogens with one attached hydrogen (secondary N) is 1. The third-order valence-electron chi connectivity index (χ3n) is 5.23. The van der Waals surface area contributed by atoms with Crippen molar-refractivity contribution in [2.45, 2.75) is 25.8 Å². The van der Waals surface area contributed by atoms with Crippen LogP contribution in [-0.4, -0.2) is 21.6 Å². The van der Waals surface area contributed by atoms with E-state index in [9.17, 15) is 4.21 Å². The molecule has 130 valence electrons. The molecule has 1 spiro atoms. The van der Waals surface area contributed by atoms with Gasteiger partial charge in [-0.15, -0.1) is 0 Å². The number of amidine groups is 1. The maximum absolute atomic E-state index is 11.9. The van der Waals surface area contributed by atoms with Gasteiger partial charge in [0.25, 0.3) is 0 Å². The Kier molecular flexibility index (Phi) is 4.65. The van der Waals surface area contributed by atoms with Crippen molar-refractivity contribution >= 4 is 33.9 Å². The SMILES string of the molecule is O=S1CCC2(CC1)Cc1ccccc1NC2=NCc1cccc(Cl)c1. The van der Waals surface area contributed by atoms with Crippen LogP contribution in [0, 0.1) is 5.41 Å². The topological polar surface area (TPSA) is 41.5 Å². The van der Waals surface area contributed by atoms with E-state index in [1.165, 1.54) is 5.56 Å². The summed E-state index contributed by atoms with van der Waals surface area (Å²) in [6.45, 7) is 0.607. The van der Waals surface area contributed by atoms with Gasteiger partial charge in [-0.05, 0) is 48.6 Å². The lowest BCUT2D eigenvalue weighted by Crippen LogP contribution is -2.46. The molecule has 4 rings (SSSR count). The smallest absolute Gasteiger partial charge is 0.108 e. The molecule has 2 aliphatic heterocycles. The Bertz CT molecular complexity index is 839. The van der Waals surface area contributed by atoms with Gasteiger partial charge in [0, 0.05) is 38.4 Å². The zero-order valence-corrected chi connectivity index (χ0v) is 15.6. The van der Waals surface area contributed by atoms with Crippen LogP contribution in [0.25, 0.3) is 0 Å². The molecule has 0 saturated carbocycles. The van der Waals surface area contributed by atoms with Crippen molar-refractivity contribution in [1.29, 1.82) is 0 Å². The number of nitrogens with zero attached hydrogens (tertiary/aromatic N) is 1. The molecule has 25 heavy (non-hydrogen) atoms. The number of rotatable bonds is 2. The maximum atomic E-state index is 11.9. The highest BCUT2D eigenvalue weighted by Gasteiger charge is 2.42. The van der Waals surface area contributed by atoms with Gasteiger partial charge in [-0.3, -0.25) is 9.20 Å². The van der Waals surface area contributed by atoms with Gasteiger partial charge < -0.3 is 5.32 Å². The van der Waals surface area contributed by atoms with Crippen LogP contribution in [0.1, 0.15) is 24.0 Å². The Labute approximate surface area is 156 Å². The first kappa shape index (κ1) is 16.8. The van der Waals surface area contributed by atoms with E-state index in [1.807, 2.05) is 24.3 Å². The number of hydrogen-bond acceptors (Lipinski definition) is 2. The van der Waals surface area contributed by atoms with Gasteiger partial charge in [0.05, 0.1) is 6.54 Å². The molecule has 0 radical (unpaired) electrons. The largest absolute Gasteiger partial charge is 0.343 e. The average molecular weight is 373 g/mol. The van der Waals surface area contributed by atoms with Crippen molar-refractivity contribution in [1.82, 2.24) is 0 Å². The Morgan fingerprint density at radius 2 is 1.92 bits per heavy atom. The van der Waals surface area contributed by atoms with E-state index in [-0.39, 0.29) is 5.41 Å². The lowest BCUT2D eigenvalue weighted by atomic mass is 9.73. The highest BCUT2D eigenvalue weighted by molar-refractivity contribution is 7.85. The summed E-state index contributed by atoms with van der Waals surface area (Å²) in [5.41, 5.74) is 3.57. The molecular formula is C20H21ClN2OS. The van der Waals surface area contributed by atoms with Gasteiger partial charge in [-0.2, -0.15) is 0 Å². The lowest BCUT2D eigenvalue weighted by Gasteiger charge is -2.42. The average Bonchev–Trinajstić information content (AvgIpc) is 2.62. The first-order valence-electron chi connectivity index (χ1n) is 8.64. The van der Waals surface area contributed by atoms with Crippen molar-refractivity contribution in [2.75, 3.05) is 16.8 Å². The van der Waals surface area contributed by atoms with E-state index in [4.69, 9.17) is 16.6 Å². The molecule has 0 atom stereocenters. The van der Waals surface area contributed by atoms with Crippen LogP contribution in [0.15, 0.2) is 53.5 Å². The van der Waals surface area contributed by atoms with Crippen molar-refractivity contribution in [3.63, 3.8) is 0 Å². The molecule has 1 fully saturated rings. The normalized spacial score (nSPS) is 27.1. The second-order valence-electron chi connectivity index (χ2n) is 6.88. The summed E-state index contributed by atoms with van der Waals surface area (Å²) < 4.78 is 11.9. The van der Waals surface area contributed by atoms with Gasteiger partial charge in [0.2, 0.25) is 0 Å². The fourth-order valence-electron chi connectivity index (χ4n) is 3.78. The van der Waals surface area contributed by atoms with Gasteiger partial charge in [-0.1, -0.05) is 41.9 Å². The summed E-state index contributed by atoms with van der Waals surface area (Å²) in [7, 11) is -0.684. The number of anilines is 1. The highest BCUT2D eigenvalue weighted by atomic mass is 35.5. The van der Waals surface area contributed by atoms with Crippen LogP contribution < -0.4 is 5.32 Å². The zero-order valence-electron chi connectivity index (χ0n) is 14.0. The molecule has 5 heteroatoms. The van der Waals surface area contributed by atoms with Crippen molar-refractivity contribution in [3.05, 3.63) is 64.7 Å². The number of benzene rings is 2. The molecule has 3 nitrogen and oxygen atoms in total. The third kappa shape index (κ3) is 3.51. The van der Waals surface area contributed by atoms with E-state index < -0.39 is 10.8 Å². The molecule has 2 aromatic rings. The van der Waals surface area contributed by atoms with Crippen LogP contribution in [0.5, 0.6) is 0 Å². The fraction of sp³-hybridized carbons (Fsp3) is 0.350. The highest BCUT2D eigenvalue weighted by Crippen LogP contribution is 2.42. The summed E-state index contributed by atoms with van der Waals surface area (Å²) in [6, 6.07) is 16.3. The predicted molar refractivity (Wildman–Crippen MR) is 106 cm³/mol. The second-order valence-corrected chi connectivity index (χ2v) is 9.01. The Morgan fingerprint density at radius 1 is 1.12 bits per heavy atom. The first-order valence-corrected chi connectivity index (χ1v) is 10.5. The molecule has 0 unspecified atom stereocenters. The molecule has 0 aliphatic carbocycles. The molecule has 2 aliphatic rings. The Balaban J connectivity index is 1.67. The standard InChI is InChI=1S/C20H21ClN2OS/c21-17-6-3-4-15(12-17)14-22-19-20(8-10-25(24)11-9-20)13-16-5-1-2-7-18(16)23-19/h1-7,12H,8-11,13-14H2,(H,22,23). The van der Waals surface area contributed by atoms with E-state index in [2.05, 4.69) is 29.6 Å². The predicted octanol–water partition coefficient (Wildman–Crippen LogP) is 4.44. The minimum Gasteiger partial charge on any atom is -0.343 e. The minimum absolute atomic E-state index is 0.0131. The van der Waals surface area contributed by atoms with Crippen molar-refractivity contribution < 1.29 is 4.21 Å². The van der Waals surface area contributed by atoms with Gasteiger partial charge in [-0.25, -0.2) is 0 Å². The second kappa shape index (κ2) is 6.93. The molecule has 1 N–H and O–H groups in total. The molecule has 0 bridgehead atoms. The molecule has 0 aromatic heterocycles. The van der Waals surface area contributed by atoms with Crippen LogP contribution >= 0.6 is 11.6 Å². The quantitative estimate of drug-likeness (QED) is 0.846. The van der Waals surface area contributed by atoms with Crippen LogP contribution in [-0.2, 0) is 23.8 Å². The number of fused-ring (bicyclic) bond motifs is 1. The summed E-state index contributed by atoms with van der Waals surface area (Å²) in [4.78, 5) is 4.94. The Hall–Kier alpha value is -1.65. The minimum atomic E-state index is -0.684. The maximum Gasteiger partial charge on any atom is 0.108 e. The Morgan fingerprint density at radius 3 is 2.72 bits per heavy atom. The first-order chi connectivity index (χ1) is 12.1. The molecule has 2 aromatic carbocycles. The van der Waals surface area contributed by atoms with E-state index >= 15 is 0 Å². The molecule has 0 amide bonds. The van der Waals surface area contributed by atoms with Crippen molar-refractivity contribution in [3.8, 4) is 0 Å². The van der Waals surface area contributed by atoms with Gasteiger partial charge in [0.15, 0.2) is 0 Å². The zero-order chi connectivity index (χ0) is 17.3. The monoisotopic (exact) mass is 372 g/mol. The van der Waals surface area contributed by atoms with Crippen LogP contribution in [0.2, 0.25) is 5.02 Å². The van der Waals surface area contributed by atoms with E-state index in [0.29, 0.717) is 6.54 Å². The van der Waals surface area contributed by atoms with E-state index in [1.54, 1.807) is 0 Å². The number of aliphatic imine (C=N–C) groups is 1. The fourth-order valence-corrected chi connectivity index (χ4v) is 5.43. The summed E-state index contributed by atoms with van der Waals surface area (Å²) in [5, 5.41) is 4.31. The van der Waals surface area contributed by atoms with Gasteiger partial charge >= 0.3 is 0 Å². The molecule has 1 saturated heterocycles. The summed E-state index contributed by atoms with van der Waals surface area (Å²) in [6.07, 6.45) is 2.83. The van der Waals surface area contributed by atoms with Gasteiger partial charge in [0.1, 0.15) is 5.84 Å². The van der Waals surface area contributed by atoms with Crippen molar-refractivity contribution in [2.24, 2.45) is 10.4 Å².